The number of halogens is 3. The third-order valence-corrected chi connectivity index (χ3v) is 6.50. The highest BCUT2D eigenvalue weighted by Gasteiger charge is 2.42. The first-order valence-corrected chi connectivity index (χ1v) is 12.1. The second-order valence-electron chi connectivity index (χ2n) is 8.75. The van der Waals surface area contributed by atoms with Gasteiger partial charge in [0, 0.05) is 31.9 Å². The molecule has 2 atom stereocenters. The fourth-order valence-electron chi connectivity index (χ4n) is 4.56. The first-order valence-electron chi connectivity index (χ1n) is 12.1. The van der Waals surface area contributed by atoms with Gasteiger partial charge in [0.15, 0.2) is 17.4 Å². The number of rotatable bonds is 6. The van der Waals surface area contributed by atoms with Crippen LogP contribution in [0.5, 0.6) is 11.5 Å². The van der Waals surface area contributed by atoms with Gasteiger partial charge in [0.05, 0.1) is 26.4 Å². The summed E-state index contributed by atoms with van der Waals surface area (Å²) in [4.78, 5) is 34.3. The maximum absolute atomic E-state index is 13.1. The van der Waals surface area contributed by atoms with Crippen molar-refractivity contribution in [1.82, 2.24) is 10.2 Å². The van der Waals surface area contributed by atoms with Gasteiger partial charge in [-0.3, -0.25) is 14.9 Å². The number of carbonyl (C=O) groups excluding carboxylic acids is 2. The van der Waals surface area contributed by atoms with Crippen LogP contribution in [0.25, 0.3) is 0 Å². The van der Waals surface area contributed by atoms with Crippen LogP contribution in [0.4, 0.5) is 18.9 Å². The van der Waals surface area contributed by atoms with Crippen molar-refractivity contribution in [3.05, 3.63) is 53.6 Å². The Labute approximate surface area is 218 Å². The molecule has 2 aliphatic rings. The molecule has 4 rings (SSSR count). The van der Waals surface area contributed by atoms with Crippen LogP contribution in [0.2, 0.25) is 0 Å². The molecule has 1 saturated heterocycles. The number of alkyl halides is 3. The van der Waals surface area contributed by atoms with Gasteiger partial charge in [0.25, 0.3) is 0 Å². The van der Waals surface area contributed by atoms with Gasteiger partial charge in [-0.15, -0.1) is 0 Å². The number of hydrogen-bond donors (Lipinski definition) is 1. The number of nitrogens with one attached hydrogen (secondary N) is 1. The summed E-state index contributed by atoms with van der Waals surface area (Å²) in [6.45, 7) is 3.39. The summed E-state index contributed by atoms with van der Waals surface area (Å²) in [6.07, 6.45) is -4.42. The molecule has 2 aromatic rings. The molecule has 0 saturated carbocycles. The van der Waals surface area contributed by atoms with Crippen molar-refractivity contribution in [2.45, 2.75) is 19.1 Å². The molecule has 0 aromatic heterocycles. The number of benzene rings is 2. The van der Waals surface area contributed by atoms with Crippen LogP contribution >= 0.6 is 0 Å². The minimum Gasteiger partial charge on any atom is -0.493 e. The molecule has 0 bridgehead atoms. The lowest BCUT2D eigenvalue weighted by atomic mass is 9.91. The zero-order valence-electron chi connectivity index (χ0n) is 21.2. The fourth-order valence-corrected chi connectivity index (χ4v) is 4.56. The highest BCUT2D eigenvalue weighted by Crippen LogP contribution is 2.37. The molecule has 1 amide bonds. The van der Waals surface area contributed by atoms with Crippen molar-refractivity contribution in [2.75, 3.05) is 51.9 Å². The Balaban J connectivity index is 1.58. The second kappa shape index (κ2) is 11.2. The SMILES string of the molecule is CCOC(=O)C1C(=O)NC(N2CCN(c3cccc(C(F)(F)F)c3)CC2)=NC1c1ccc(OC)c(OC)c1. The standard InChI is InChI=1S/C26H29F3N4O5/c1-4-38-24(35)21-22(16-8-9-19(36-2)20(14-16)37-3)30-25(31-23(21)34)33-12-10-32(11-13-33)18-7-5-6-17(15-18)26(27,28)29/h5-9,14-15,21-22H,4,10-13H2,1-3H3,(H,30,31,34). The van der Waals surface area contributed by atoms with Gasteiger partial charge < -0.3 is 24.0 Å². The quantitative estimate of drug-likeness (QED) is 0.449. The molecule has 1 fully saturated rings. The maximum atomic E-state index is 13.1. The summed E-state index contributed by atoms with van der Waals surface area (Å²) in [5.74, 6) is -1.25. The average molecular weight is 535 g/mol. The lowest BCUT2D eigenvalue weighted by molar-refractivity contribution is -0.153. The lowest BCUT2D eigenvalue weighted by Crippen LogP contribution is -2.57. The predicted octanol–water partition coefficient (Wildman–Crippen LogP) is 3.25. The van der Waals surface area contributed by atoms with Crippen molar-refractivity contribution in [3.8, 4) is 11.5 Å². The van der Waals surface area contributed by atoms with Crippen LogP contribution in [0, 0.1) is 5.92 Å². The minimum absolute atomic E-state index is 0.106. The number of aliphatic imine (C=N–C) groups is 1. The van der Waals surface area contributed by atoms with Gasteiger partial charge >= 0.3 is 12.1 Å². The van der Waals surface area contributed by atoms with E-state index in [-0.39, 0.29) is 6.61 Å². The summed E-state index contributed by atoms with van der Waals surface area (Å²) in [5.41, 5.74) is 0.333. The zero-order valence-corrected chi connectivity index (χ0v) is 21.2. The molecule has 204 valence electrons. The average Bonchev–Trinajstić information content (AvgIpc) is 2.92. The normalized spacial score (nSPS) is 19.9. The molecule has 9 nitrogen and oxygen atoms in total. The van der Waals surface area contributed by atoms with E-state index in [0.29, 0.717) is 54.9 Å². The van der Waals surface area contributed by atoms with Crippen molar-refractivity contribution in [2.24, 2.45) is 10.9 Å². The van der Waals surface area contributed by atoms with Crippen LogP contribution < -0.4 is 19.7 Å². The van der Waals surface area contributed by atoms with E-state index in [1.807, 2.05) is 9.80 Å². The number of hydrogen-bond acceptors (Lipinski definition) is 8. The zero-order chi connectivity index (χ0) is 27.4. The second-order valence-corrected chi connectivity index (χ2v) is 8.75. The number of nitrogens with zero attached hydrogens (tertiary/aromatic N) is 3. The first kappa shape index (κ1) is 27.1. The van der Waals surface area contributed by atoms with E-state index in [1.54, 1.807) is 31.2 Å². The molecule has 38 heavy (non-hydrogen) atoms. The number of ether oxygens (including phenoxy) is 3. The lowest BCUT2D eigenvalue weighted by Gasteiger charge is -2.39. The highest BCUT2D eigenvalue weighted by atomic mass is 19.4. The van der Waals surface area contributed by atoms with Crippen LogP contribution in [-0.2, 0) is 20.5 Å². The topological polar surface area (TPSA) is 92.7 Å². The first-order chi connectivity index (χ1) is 18.2. The molecule has 2 aliphatic heterocycles. The number of anilines is 1. The van der Waals surface area contributed by atoms with Gasteiger partial charge in [-0.1, -0.05) is 12.1 Å². The summed E-state index contributed by atoms with van der Waals surface area (Å²) < 4.78 is 55.3. The predicted molar refractivity (Wildman–Crippen MR) is 133 cm³/mol. The molecule has 2 heterocycles. The summed E-state index contributed by atoms with van der Waals surface area (Å²) >= 11 is 0. The van der Waals surface area contributed by atoms with Gasteiger partial charge in [0.2, 0.25) is 11.9 Å². The van der Waals surface area contributed by atoms with Crippen molar-refractivity contribution >= 4 is 23.5 Å². The van der Waals surface area contributed by atoms with Gasteiger partial charge in [0.1, 0.15) is 6.04 Å². The Bertz CT molecular complexity index is 1210. The van der Waals surface area contributed by atoms with Crippen molar-refractivity contribution < 1.29 is 37.0 Å². The molecule has 12 heteroatoms. The van der Waals surface area contributed by atoms with Crippen LogP contribution in [-0.4, -0.2) is 69.7 Å². The summed E-state index contributed by atoms with van der Waals surface area (Å²) in [5, 5.41) is 2.72. The Morgan fingerprint density at radius 3 is 2.34 bits per heavy atom. The van der Waals surface area contributed by atoms with Gasteiger partial charge in [-0.2, -0.15) is 13.2 Å². The Morgan fingerprint density at radius 2 is 1.71 bits per heavy atom. The minimum atomic E-state index is -4.42. The summed E-state index contributed by atoms with van der Waals surface area (Å²) in [6, 6.07) is 9.38. The maximum Gasteiger partial charge on any atom is 0.416 e. The van der Waals surface area contributed by atoms with Gasteiger partial charge in [-0.05, 0) is 42.8 Å². The number of piperazine rings is 1. The number of amides is 1. The Hall–Kier alpha value is -3.96. The largest absolute Gasteiger partial charge is 0.493 e. The van der Waals surface area contributed by atoms with E-state index in [1.165, 1.54) is 20.3 Å². The summed E-state index contributed by atoms with van der Waals surface area (Å²) in [7, 11) is 2.99. The number of esters is 1. The highest BCUT2D eigenvalue weighted by molar-refractivity contribution is 6.08. The Morgan fingerprint density at radius 1 is 1.03 bits per heavy atom. The number of guanidine groups is 1. The molecule has 0 spiro atoms. The molecular weight excluding hydrogens is 505 g/mol. The van der Waals surface area contributed by atoms with E-state index in [4.69, 9.17) is 19.2 Å². The molecule has 0 radical (unpaired) electrons. The number of carbonyl (C=O) groups is 2. The monoisotopic (exact) mass is 534 g/mol. The van der Waals surface area contributed by atoms with E-state index in [2.05, 4.69) is 5.32 Å². The third-order valence-electron chi connectivity index (χ3n) is 6.50. The smallest absolute Gasteiger partial charge is 0.416 e. The van der Waals surface area contributed by atoms with E-state index >= 15 is 0 Å². The molecule has 1 N–H and O–H groups in total. The number of methoxy groups -OCH3 is 2. The Kier molecular flexibility index (Phi) is 7.98. The van der Waals surface area contributed by atoms with E-state index in [0.717, 1.165) is 12.1 Å². The van der Waals surface area contributed by atoms with Crippen molar-refractivity contribution in [3.63, 3.8) is 0 Å². The van der Waals surface area contributed by atoms with Gasteiger partial charge in [-0.25, -0.2) is 4.99 Å². The molecular formula is C26H29F3N4O5. The van der Waals surface area contributed by atoms with E-state index in [9.17, 15) is 22.8 Å². The van der Waals surface area contributed by atoms with Crippen molar-refractivity contribution in [1.29, 1.82) is 0 Å². The molecule has 0 aliphatic carbocycles. The molecule has 2 aromatic carbocycles. The fraction of sp³-hybridized carbons (Fsp3) is 0.423. The van der Waals surface area contributed by atoms with Crippen LogP contribution in [0.15, 0.2) is 47.5 Å². The third kappa shape index (κ3) is 5.63. The van der Waals surface area contributed by atoms with Crippen LogP contribution in [0.1, 0.15) is 24.1 Å². The van der Waals surface area contributed by atoms with Crippen LogP contribution in [0.3, 0.4) is 0 Å². The molecule has 2 unspecified atom stereocenters. The van der Waals surface area contributed by atoms with E-state index < -0.39 is 35.6 Å².